The summed E-state index contributed by atoms with van der Waals surface area (Å²) in [5.74, 6) is 0.0195. The zero-order valence-electron chi connectivity index (χ0n) is 8.90. The normalized spacial score (nSPS) is 19.7. The van der Waals surface area contributed by atoms with Gasteiger partial charge in [-0.25, -0.2) is 0 Å². The number of nitrogens with two attached hydrogens (primary N) is 1. The Kier molecular flexibility index (Phi) is 4.62. The number of thiophene rings is 1. The molecule has 0 aromatic carbocycles. The Bertz CT molecular complexity index is 394. The number of aryl methyl sites for hydroxylation is 1. The van der Waals surface area contributed by atoms with Gasteiger partial charge in [0, 0.05) is 19.1 Å². The molecule has 1 aliphatic rings. The third-order valence-corrected chi connectivity index (χ3v) is 4.29. The standard InChI is InChI=1S/C10H13ClN2OS.ClH/c1-6-5-15-9(8(6)11)10(14)13-3-2-7(12)4-13;/h5,7H,2-4,12H2,1H3;1H. The van der Waals surface area contributed by atoms with Gasteiger partial charge in [-0.2, -0.15) is 0 Å². The van der Waals surface area contributed by atoms with Crippen LogP contribution in [-0.4, -0.2) is 29.9 Å². The van der Waals surface area contributed by atoms with Gasteiger partial charge in [-0.3, -0.25) is 4.79 Å². The maximum absolute atomic E-state index is 12.0. The van der Waals surface area contributed by atoms with Crippen molar-refractivity contribution in [1.82, 2.24) is 4.90 Å². The molecule has 2 N–H and O–H groups in total. The van der Waals surface area contributed by atoms with E-state index in [4.69, 9.17) is 17.3 Å². The number of likely N-dealkylation sites (tertiary alicyclic amines) is 1. The molecule has 0 aliphatic carbocycles. The Hall–Kier alpha value is -0.290. The second kappa shape index (κ2) is 5.36. The average molecular weight is 281 g/mol. The molecular weight excluding hydrogens is 267 g/mol. The number of rotatable bonds is 1. The summed E-state index contributed by atoms with van der Waals surface area (Å²) in [7, 11) is 0. The highest BCUT2D eigenvalue weighted by Gasteiger charge is 2.27. The lowest BCUT2D eigenvalue weighted by atomic mass is 10.3. The summed E-state index contributed by atoms with van der Waals surface area (Å²) in [6.07, 6.45) is 0.883. The van der Waals surface area contributed by atoms with Crippen molar-refractivity contribution in [3.63, 3.8) is 0 Å². The molecular formula is C10H14Cl2N2OS. The molecule has 2 heterocycles. The maximum atomic E-state index is 12.0. The van der Waals surface area contributed by atoms with Gasteiger partial charge in [-0.1, -0.05) is 11.6 Å². The molecule has 1 atom stereocenters. The molecule has 1 saturated heterocycles. The molecule has 1 fully saturated rings. The summed E-state index contributed by atoms with van der Waals surface area (Å²) >= 11 is 7.46. The largest absolute Gasteiger partial charge is 0.336 e. The third kappa shape index (κ3) is 2.51. The summed E-state index contributed by atoms with van der Waals surface area (Å²) in [4.78, 5) is 14.4. The first kappa shape index (κ1) is 13.8. The van der Waals surface area contributed by atoms with Crippen LogP contribution in [-0.2, 0) is 0 Å². The highest BCUT2D eigenvalue weighted by Crippen LogP contribution is 2.29. The van der Waals surface area contributed by atoms with Gasteiger partial charge in [0.2, 0.25) is 0 Å². The lowest BCUT2D eigenvalue weighted by Gasteiger charge is -2.14. The molecule has 16 heavy (non-hydrogen) atoms. The van der Waals surface area contributed by atoms with Crippen LogP contribution in [0.15, 0.2) is 5.38 Å². The van der Waals surface area contributed by atoms with Gasteiger partial charge in [0.1, 0.15) is 4.88 Å². The van der Waals surface area contributed by atoms with E-state index in [0.29, 0.717) is 16.4 Å². The number of nitrogens with zero attached hydrogens (tertiary/aromatic N) is 1. The second-order valence-electron chi connectivity index (χ2n) is 3.86. The van der Waals surface area contributed by atoms with E-state index in [1.807, 2.05) is 12.3 Å². The summed E-state index contributed by atoms with van der Waals surface area (Å²) in [5, 5.41) is 2.50. The zero-order chi connectivity index (χ0) is 11.0. The van der Waals surface area contributed by atoms with Crippen molar-refractivity contribution >= 4 is 41.3 Å². The summed E-state index contributed by atoms with van der Waals surface area (Å²) in [6.45, 7) is 3.30. The molecule has 3 nitrogen and oxygen atoms in total. The van der Waals surface area contributed by atoms with Gasteiger partial charge in [0.05, 0.1) is 5.02 Å². The maximum Gasteiger partial charge on any atom is 0.265 e. The van der Waals surface area contributed by atoms with E-state index in [-0.39, 0.29) is 24.4 Å². The van der Waals surface area contributed by atoms with Crippen LogP contribution >= 0.6 is 35.3 Å². The van der Waals surface area contributed by atoms with E-state index in [0.717, 1.165) is 18.5 Å². The van der Waals surface area contributed by atoms with Gasteiger partial charge < -0.3 is 10.6 Å². The minimum absolute atomic E-state index is 0. The van der Waals surface area contributed by atoms with E-state index in [9.17, 15) is 4.79 Å². The van der Waals surface area contributed by atoms with Crippen LogP contribution in [0.2, 0.25) is 5.02 Å². The molecule has 0 bridgehead atoms. The SMILES string of the molecule is Cc1csc(C(=O)N2CCC(N)C2)c1Cl.Cl. The van der Waals surface area contributed by atoms with Crippen molar-refractivity contribution in [1.29, 1.82) is 0 Å². The van der Waals surface area contributed by atoms with Crippen molar-refractivity contribution in [2.75, 3.05) is 13.1 Å². The number of hydrogen-bond acceptors (Lipinski definition) is 3. The average Bonchev–Trinajstić information content (AvgIpc) is 2.75. The topological polar surface area (TPSA) is 46.3 Å². The Morgan fingerprint density at radius 2 is 2.38 bits per heavy atom. The van der Waals surface area contributed by atoms with Crippen molar-refractivity contribution in [2.24, 2.45) is 5.73 Å². The van der Waals surface area contributed by atoms with Gasteiger partial charge in [0.25, 0.3) is 5.91 Å². The Balaban J connectivity index is 0.00000128. The second-order valence-corrected chi connectivity index (χ2v) is 5.12. The smallest absolute Gasteiger partial charge is 0.265 e. The predicted octanol–water partition coefficient (Wildman–Crippen LogP) is 2.30. The molecule has 1 aromatic rings. The van der Waals surface area contributed by atoms with E-state index in [2.05, 4.69) is 0 Å². The van der Waals surface area contributed by atoms with Gasteiger partial charge in [0.15, 0.2) is 0 Å². The Morgan fingerprint density at radius 1 is 1.69 bits per heavy atom. The minimum Gasteiger partial charge on any atom is -0.336 e. The van der Waals surface area contributed by atoms with Crippen LogP contribution in [0.5, 0.6) is 0 Å². The minimum atomic E-state index is 0. The number of halogens is 2. The van der Waals surface area contributed by atoms with Crippen molar-refractivity contribution in [2.45, 2.75) is 19.4 Å². The van der Waals surface area contributed by atoms with Gasteiger partial charge in [-0.05, 0) is 24.3 Å². The highest BCUT2D eigenvalue weighted by molar-refractivity contribution is 7.13. The third-order valence-electron chi connectivity index (χ3n) is 2.61. The number of amides is 1. The van der Waals surface area contributed by atoms with Crippen LogP contribution in [0.1, 0.15) is 21.7 Å². The molecule has 2 rings (SSSR count). The zero-order valence-corrected chi connectivity index (χ0v) is 11.3. The number of hydrogen-bond donors (Lipinski definition) is 1. The fourth-order valence-corrected chi connectivity index (χ4v) is 2.93. The summed E-state index contributed by atoms with van der Waals surface area (Å²) < 4.78 is 0. The van der Waals surface area contributed by atoms with Crippen molar-refractivity contribution < 1.29 is 4.79 Å². The summed E-state index contributed by atoms with van der Waals surface area (Å²) in [6, 6.07) is 0.119. The monoisotopic (exact) mass is 280 g/mol. The first-order valence-electron chi connectivity index (χ1n) is 4.88. The van der Waals surface area contributed by atoms with E-state index in [1.165, 1.54) is 11.3 Å². The molecule has 0 saturated carbocycles. The van der Waals surface area contributed by atoms with E-state index < -0.39 is 0 Å². The van der Waals surface area contributed by atoms with Crippen LogP contribution < -0.4 is 5.73 Å². The molecule has 1 aliphatic heterocycles. The lowest BCUT2D eigenvalue weighted by molar-refractivity contribution is 0.0796. The molecule has 1 amide bonds. The summed E-state index contributed by atoms with van der Waals surface area (Å²) in [5.41, 5.74) is 6.73. The quantitative estimate of drug-likeness (QED) is 0.858. The van der Waals surface area contributed by atoms with Crippen LogP contribution in [0.3, 0.4) is 0 Å². The van der Waals surface area contributed by atoms with Gasteiger partial charge in [-0.15, -0.1) is 23.7 Å². The van der Waals surface area contributed by atoms with Crippen LogP contribution in [0.4, 0.5) is 0 Å². The molecule has 1 unspecified atom stereocenters. The van der Waals surface area contributed by atoms with Crippen molar-refractivity contribution in [3.05, 3.63) is 20.8 Å². The molecule has 0 spiro atoms. The van der Waals surface area contributed by atoms with E-state index >= 15 is 0 Å². The Morgan fingerprint density at radius 3 is 2.81 bits per heavy atom. The molecule has 1 aromatic heterocycles. The first-order valence-corrected chi connectivity index (χ1v) is 6.14. The fourth-order valence-electron chi connectivity index (χ4n) is 1.69. The fraction of sp³-hybridized carbons (Fsp3) is 0.500. The number of carbonyl (C=O) groups is 1. The molecule has 0 radical (unpaired) electrons. The van der Waals surface area contributed by atoms with E-state index in [1.54, 1.807) is 4.90 Å². The lowest BCUT2D eigenvalue weighted by Crippen LogP contribution is -2.31. The Labute approximate surface area is 110 Å². The predicted molar refractivity (Wildman–Crippen MR) is 69.8 cm³/mol. The first-order chi connectivity index (χ1) is 7.09. The number of carbonyl (C=O) groups excluding carboxylic acids is 1. The highest BCUT2D eigenvalue weighted by atomic mass is 35.5. The van der Waals surface area contributed by atoms with Gasteiger partial charge >= 0.3 is 0 Å². The van der Waals surface area contributed by atoms with Crippen molar-refractivity contribution in [3.8, 4) is 0 Å². The molecule has 90 valence electrons. The van der Waals surface area contributed by atoms with Crippen LogP contribution in [0, 0.1) is 6.92 Å². The molecule has 6 heteroatoms. The van der Waals surface area contributed by atoms with Crippen LogP contribution in [0.25, 0.3) is 0 Å².